The topological polar surface area (TPSA) is 66.1 Å². The molecule has 0 unspecified atom stereocenters. The number of ether oxygens (including phenoxy) is 1. The summed E-state index contributed by atoms with van der Waals surface area (Å²) in [6, 6.07) is 20.1. The summed E-state index contributed by atoms with van der Waals surface area (Å²) in [4.78, 5) is 9.07. The number of hydrogen-bond acceptors (Lipinski definition) is 5. The Labute approximate surface area is 200 Å². The third kappa shape index (κ3) is 5.49. The molecule has 2 aromatic carbocycles. The molecule has 0 amide bonds. The minimum atomic E-state index is 0. The van der Waals surface area contributed by atoms with Crippen LogP contribution in [0.15, 0.2) is 70.2 Å². The van der Waals surface area contributed by atoms with E-state index in [0.29, 0.717) is 6.54 Å². The van der Waals surface area contributed by atoms with Crippen molar-refractivity contribution in [2.24, 2.45) is 4.99 Å². The van der Waals surface area contributed by atoms with Gasteiger partial charge in [-0.3, -0.25) is 4.99 Å². The fourth-order valence-electron chi connectivity index (χ4n) is 3.69. The molecular weight excluding hydrogens is 505 g/mol. The number of para-hydroxylation sites is 2. The van der Waals surface area contributed by atoms with Gasteiger partial charge in [0.15, 0.2) is 11.7 Å². The van der Waals surface area contributed by atoms with Crippen LogP contribution in [0, 0.1) is 0 Å². The molecule has 0 aliphatic carbocycles. The Hall–Kier alpha value is -2.75. The number of guanidine groups is 1. The van der Waals surface area contributed by atoms with E-state index in [0.717, 1.165) is 60.6 Å². The lowest BCUT2D eigenvalue weighted by Gasteiger charge is -2.38. The molecule has 0 radical (unpaired) electrons. The highest BCUT2D eigenvalue weighted by Gasteiger charge is 2.21. The summed E-state index contributed by atoms with van der Waals surface area (Å²) in [5, 5.41) is 7.59. The highest BCUT2D eigenvalue weighted by molar-refractivity contribution is 14.0. The predicted octanol–water partition coefficient (Wildman–Crippen LogP) is 3.87. The second-order valence-electron chi connectivity index (χ2n) is 7.10. The summed E-state index contributed by atoms with van der Waals surface area (Å²) in [6.45, 7) is 4.14. The monoisotopic (exact) mass is 533 g/mol. The highest BCUT2D eigenvalue weighted by atomic mass is 127. The van der Waals surface area contributed by atoms with Crippen LogP contribution in [0.1, 0.15) is 5.69 Å². The average molecular weight is 533 g/mol. The highest BCUT2D eigenvalue weighted by Crippen LogP contribution is 2.28. The number of benzene rings is 2. The molecule has 0 saturated carbocycles. The molecule has 1 aliphatic rings. The maximum atomic E-state index is 5.51. The Morgan fingerprint density at radius 3 is 2.48 bits per heavy atom. The van der Waals surface area contributed by atoms with Gasteiger partial charge in [-0.05, 0) is 12.1 Å². The predicted molar refractivity (Wildman–Crippen MR) is 134 cm³/mol. The molecule has 7 nitrogen and oxygen atoms in total. The van der Waals surface area contributed by atoms with E-state index in [-0.39, 0.29) is 24.0 Å². The smallest absolute Gasteiger partial charge is 0.194 e. The van der Waals surface area contributed by atoms with Gasteiger partial charge in [0, 0.05) is 44.9 Å². The van der Waals surface area contributed by atoms with Crippen molar-refractivity contribution in [3.8, 4) is 17.1 Å². The summed E-state index contributed by atoms with van der Waals surface area (Å²) in [5.74, 6) is 2.56. The lowest BCUT2D eigenvalue weighted by molar-refractivity contribution is 0.365. The van der Waals surface area contributed by atoms with Gasteiger partial charge in [0.1, 0.15) is 11.4 Å². The summed E-state index contributed by atoms with van der Waals surface area (Å²) in [5.41, 5.74) is 3.01. The molecule has 0 atom stereocenters. The Morgan fingerprint density at radius 2 is 1.77 bits per heavy atom. The first-order valence-corrected chi connectivity index (χ1v) is 10.1. The molecular formula is C23H28IN5O2. The zero-order valence-corrected chi connectivity index (χ0v) is 20.2. The number of methoxy groups -OCH3 is 1. The van der Waals surface area contributed by atoms with E-state index in [2.05, 4.69) is 31.3 Å². The third-order valence-corrected chi connectivity index (χ3v) is 5.26. The van der Waals surface area contributed by atoms with E-state index in [1.807, 2.05) is 61.6 Å². The van der Waals surface area contributed by atoms with Crippen LogP contribution in [-0.2, 0) is 6.54 Å². The number of rotatable bonds is 5. The molecule has 4 rings (SSSR count). The Balaban J connectivity index is 0.00000272. The van der Waals surface area contributed by atoms with E-state index in [4.69, 9.17) is 9.26 Å². The van der Waals surface area contributed by atoms with Crippen LogP contribution in [0.2, 0.25) is 0 Å². The molecule has 31 heavy (non-hydrogen) atoms. The maximum Gasteiger partial charge on any atom is 0.194 e. The minimum Gasteiger partial charge on any atom is -0.495 e. The van der Waals surface area contributed by atoms with Crippen LogP contribution >= 0.6 is 24.0 Å². The van der Waals surface area contributed by atoms with Crippen molar-refractivity contribution in [2.45, 2.75) is 6.54 Å². The first-order chi connectivity index (χ1) is 14.8. The Kier molecular flexibility index (Phi) is 8.16. The van der Waals surface area contributed by atoms with Crippen molar-refractivity contribution < 1.29 is 9.26 Å². The summed E-state index contributed by atoms with van der Waals surface area (Å²) >= 11 is 0. The molecule has 1 N–H and O–H groups in total. The van der Waals surface area contributed by atoms with Gasteiger partial charge in [-0.1, -0.05) is 47.6 Å². The third-order valence-electron chi connectivity index (χ3n) is 5.26. The zero-order valence-electron chi connectivity index (χ0n) is 17.8. The largest absolute Gasteiger partial charge is 0.495 e. The fourth-order valence-corrected chi connectivity index (χ4v) is 3.69. The van der Waals surface area contributed by atoms with Crippen molar-refractivity contribution in [1.29, 1.82) is 0 Å². The van der Waals surface area contributed by atoms with E-state index < -0.39 is 0 Å². The first-order valence-electron chi connectivity index (χ1n) is 10.1. The standard InChI is InChI=1S/C23H27N5O2.HI/c1-24-23(25-17-19-16-22(30-26-19)18-8-4-3-5-9-18)28-14-12-27(13-15-28)20-10-6-7-11-21(20)29-2;/h3-11,16H,12-15,17H2,1-2H3,(H,24,25);1H. The number of piperazine rings is 1. The quantitative estimate of drug-likeness (QED) is 0.305. The van der Waals surface area contributed by atoms with Gasteiger partial charge in [-0.15, -0.1) is 24.0 Å². The fraction of sp³-hybridized carbons (Fsp3) is 0.304. The van der Waals surface area contributed by atoms with Crippen LogP contribution in [0.5, 0.6) is 5.75 Å². The minimum absolute atomic E-state index is 0. The molecule has 8 heteroatoms. The zero-order chi connectivity index (χ0) is 20.8. The summed E-state index contributed by atoms with van der Waals surface area (Å²) in [7, 11) is 3.53. The molecule has 164 valence electrons. The van der Waals surface area contributed by atoms with Crippen LogP contribution in [0.3, 0.4) is 0 Å². The van der Waals surface area contributed by atoms with E-state index >= 15 is 0 Å². The van der Waals surface area contributed by atoms with Crippen molar-refractivity contribution in [3.05, 3.63) is 66.4 Å². The maximum absolute atomic E-state index is 5.51. The SMILES string of the molecule is CN=C(NCc1cc(-c2ccccc2)on1)N1CCN(c2ccccc2OC)CC1.I. The number of aliphatic imine (C=N–C) groups is 1. The van der Waals surface area contributed by atoms with Gasteiger partial charge in [-0.2, -0.15) is 0 Å². The number of halogens is 1. The molecule has 0 bridgehead atoms. The second-order valence-corrected chi connectivity index (χ2v) is 7.10. The molecule has 3 aromatic rings. The Bertz CT molecular complexity index is 984. The van der Waals surface area contributed by atoms with Crippen LogP contribution < -0.4 is 15.0 Å². The van der Waals surface area contributed by atoms with Crippen LogP contribution in [0.4, 0.5) is 5.69 Å². The summed E-state index contributed by atoms with van der Waals surface area (Å²) < 4.78 is 11.0. The second kappa shape index (κ2) is 11.0. The van der Waals surface area contributed by atoms with Gasteiger partial charge in [-0.25, -0.2) is 0 Å². The lowest BCUT2D eigenvalue weighted by atomic mass is 10.2. The first kappa shape index (κ1) is 22.9. The van der Waals surface area contributed by atoms with Gasteiger partial charge in [0.2, 0.25) is 0 Å². The normalized spacial score (nSPS) is 14.2. The number of nitrogens with zero attached hydrogens (tertiary/aromatic N) is 4. The summed E-state index contributed by atoms with van der Waals surface area (Å²) in [6.07, 6.45) is 0. The number of nitrogens with one attached hydrogen (secondary N) is 1. The molecule has 1 aromatic heterocycles. The van der Waals surface area contributed by atoms with Crippen LogP contribution in [-0.4, -0.2) is 56.4 Å². The van der Waals surface area contributed by atoms with Crippen molar-refractivity contribution >= 4 is 35.6 Å². The van der Waals surface area contributed by atoms with Crippen LogP contribution in [0.25, 0.3) is 11.3 Å². The van der Waals surface area contributed by atoms with Gasteiger partial charge in [0.05, 0.1) is 19.3 Å². The lowest BCUT2D eigenvalue weighted by Crippen LogP contribution is -2.52. The van der Waals surface area contributed by atoms with E-state index in [9.17, 15) is 0 Å². The van der Waals surface area contributed by atoms with Gasteiger partial charge in [0.25, 0.3) is 0 Å². The molecule has 1 saturated heterocycles. The van der Waals surface area contributed by atoms with Gasteiger partial charge < -0.3 is 24.4 Å². The molecule has 2 heterocycles. The van der Waals surface area contributed by atoms with Crippen molar-refractivity contribution in [1.82, 2.24) is 15.4 Å². The van der Waals surface area contributed by atoms with Crippen molar-refractivity contribution in [3.63, 3.8) is 0 Å². The number of aromatic nitrogens is 1. The van der Waals surface area contributed by atoms with Gasteiger partial charge >= 0.3 is 0 Å². The number of hydrogen-bond donors (Lipinski definition) is 1. The average Bonchev–Trinajstić information content (AvgIpc) is 3.29. The number of anilines is 1. The van der Waals surface area contributed by atoms with E-state index in [1.165, 1.54) is 0 Å². The van der Waals surface area contributed by atoms with Crippen molar-refractivity contribution in [2.75, 3.05) is 45.2 Å². The Morgan fingerprint density at radius 1 is 1.06 bits per heavy atom. The molecule has 0 spiro atoms. The molecule has 1 fully saturated rings. The molecule has 1 aliphatic heterocycles. The van der Waals surface area contributed by atoms with E-state index in [1.54, 1.807) is 7.11 Å².